The SMILES string of the molecule is COc1ccc(CC(C)C(=O)N2CCCCC2CCO)cc1OC. The molecule has 5 nitrogen and oxygen atoms in total. The lowest BCUT2D eigenvalue weighted by molar-refractivity contribution is -0.139. The van der Waals surface area contributed by atoms with E-state index < -0.39 is 0 Å². The maximum Gasteiger partial charge on any atom is 0.225 e. The summed E-state index contributed by atoms with van der Waals surface area (Å²) < 4.78 is 10.6. The van der Waals surface area contributed by atoms with E-state index in [1.807, 2.05) is 30.0 Å². The molecule has 2 atom stereocenters. The number of carbonyl (C=O) groups excluding carboxylic acids is 1. The first-order valence-corrected chi connectivity index (χ1v) is 8.73. The summed E-state index contributed by atoms with van der Waals surface area (Å²) in [5.41, 5.74) is 1.06. The molecule has 134 valence electrons. The fourth-order valence-electron chi connectivity index (χ4n) is 3.47. The number of likely N-dealkylation sites (tertiary alicyclic amines) is 1. The molecule has 1 amide bonds. The van der Waals surface area contributed by atoms with Crippen LogP contribution in [0.15, 0.2) is 18.2 Å². The highest BCUT2D eigenvalue weighted by Gasteiger charge is 2.29. The van der Waals surface area contributed by atoms with Crippen LogP contribution in [-0.2, 0) is 11.2 Å². The number of hydrogen-bond acceptors (Lipinski definition) is 4. The van der Waals surface area contributed by atoms with Gasteiger partial charge in [0.05, 0.1) is 14.2 Å². The van der Waals surface area contributed by atoms with E-state index in [-0.39, 0.29) is 24.5 Å². The molecule has 0 aliphatic carbocycles. The van der Waals surface area contributed by atoms with Gasteiger partial charge in [0.2, 0.25) is 5.91 Å². The molecular formula is C19H29NO4. The van der Waals surface area contributed by atoms with Crippen LogP contribution in [0, 0.1) is 5.92 Å². The van der Waals surface area contributed by atoms with E-state index >= 15 is 0 Å². The molecule has 1 aromatic carbocycles. The van der Waals surface area contributed by atoms with Gasteiger partial charge in [0.1, 0.15) is 0 Å². The lowest BCUT2D eigenvalue weighted by atomic mass is 9.94. The van der Waals surface area contributed by atoms with Crippen molar-refractivity contribution < 1.29 is 19.4 Å². The molecule has 0 spiro atoms. The van der Waals surface area contributed by atoms with Crippen LogP contribution in [-0.4, -0.2) is 49.3 Å². The Morgan fingerprint density at radius 3 is 2.71 bits per heavy atom. The minimum Gasteiger partial charge on any atom is -0.493 e. The van der Waals surface area contributed by atoms with E-state index in [4.69, 9.17) is 9.47 Å². The van der Waals surface area contributed by atoms with E-state index in [2.05, 4.69) is 0 Å². The van der Waals surface area contributed by atoms with E-state index in [1.54, 1.807) is 14.2 Å². The first-order valence-electron chi connectivity index (χ1n) is 8.73. The molecule has 1 aliphatic heterocycles. The summed E-state index contributed by atoms with van der Waals surface area (Å²) in [5, 5.41) is 9.24. The summed E-state index contributed by atoms with van der Waals surface area (Å²) in [7, 11) is 3.23. The number of ether oxygens (including phenoxy) is 2. The first kappa shape index (κ1) is 18.6. The topological polar surface area (TPSA) is 59.0 Å². The molecule has 2 rings (SSSR count). The third-order valence-corrected chi connectivity index (χ3v) is 4.78. The molecule has 1 heterocycles. The Kier molecular flexibility index (Phi) is 6.91. The smallest absolute Gasteiger partial charge is 0.225 e. The van der Waals surface area contributed by atoms with Crippen LogP contribution in [0.1, 0.15) is 38.2 Å². The highest BCUT2D eigenvalue weighted by atomic mass is 16.5. The molecule has 0 saturated carbocycles. The molecule has 0 bridgehead atoms. The second kappa shape index (κ2) is 8.92. The number of hydrogen-bond donors (Lipinski definition) is 1. The molecule has 0 radical (unpaired) electrons. The minimum atomic E-state index is -0.0950. The lowest BCUT2D eigenvalue weighted by Gasteiger charge is -2.37. The quantitative estimate of drug-likeness (QED) is 0.832. The minimum absolute atomic E-state index is 0.0950. The summed E-state index contributed by atoms with van der Waals surface area (Å²) in [5.74, 6) is 1.47. The van der Waals surface area contributed by atoms with E-state index in [0.717, 1.165) is 31.4 Å². The van der Waals surface area contributed by atoms with Crippen molar-refractivity contribution in [3.8, 4) is 11.5 Å². The number of aliphatic hydroxyl groups is 1. The molecule has 1 N–H and O–H groups in total. The van der Waals surface area contributed by atoms with Crippen molar-refractivity contribution in [1.29, 1.82) is 0 Å². The van der Waals surface area contributed by atoms with Crippen molar-refractivity contribution in [2.45, 2.75) is 45.1 Å². The number of aliphatic hydroxyl groups excluding tert-OH is 1. The average molecular weight is 335 g/mol. The molecular weight excluding hydrogens is 306 g/mol. The van der Waals surface area contributed by atoms with Crippen LogP contribution in [0.5, 0.6) is 11.5 Å². The third kappa shape index (κ3) is 4.41. The maximum atomic E-state index is 12.9. The van der Waals surface area contributed by atoms with Gasteiger partial charge in [-0.25, -0.2) is 0 Å². The Labute approximate surface area is 144 Å². The van der Waals surface area contributed by atoms with Crippen LogP contribution in [0.3, 0.4) is 0 Å². The predicted molar refractivity (Wildman–Crippen MR) is 93.5 cm³/mol. The van der Waals surface area contributed by atoms with Gasteiger partial charge in [-0.2, -0.15) is 0 Å². The van der Waals surface area contributed by atoms with Crippen molar-refractivity contribution in [1.82, 2.24) is 4.90 Å². The van der Waals surface area contributed by atoms with Crippen LogP contribution in [0.2, 0.25) is 0 Å². The van der Waals surface area contributed by atoms with Gasteiger partial charge in [-0.1, -0.05) is 13.0 Å². The predicted octanol–water partition coefficient (Wildman–Crippen LogP) is 2.65. The van der Waals surface area contributed by atoms with E-state index in [9.17, 15) is 9.90 Å². The normalized spacial score (nSPS) is 19.0. The zero-order chi connectivity index (χ0) is 17.5. The van der Waals surface area contributed by atoms with Crippen LogP contribution in [0.25, 0.3) is 0 Å². The third-order valence-electron chi connectivity index (χ3n) is 4.78. The first-order chi connectivity index (χ1) is 11.6. The second-order valence-electron chi connectivity index (χ2n) is 6.49. The van der Waals surface area contributed by atoms with Crippen LogP contribution in [0.4, 0.5) is 0 Å². The standard InChI is InChI=1S/C19H29NO4/c1-14(12-15-7-8-17(23-2)18(13-15)24-3)19(22)20-10-5-4-6-16(20)9-11-21/h7-8,13-14,16,21H,4-6,9-12H2,1-3H3. The van der Waals surface area contributed by atoms with Gasteiger partial charge >= 0.3 is 0 Å². The average Bonchev–Trinajstić information content (AvgIpc) is 2.61. The lowest BCUT2D eigenvalue weighted by Crippen LogP contribution is -2.46. The number of rotatable bonds is 7. The van der Waals surface area contributed by atoms with Gasteiger partial charge in [-0.15, -0.1) is 0 Å². The fourth-order valence-corrected chi connectivity index (χ4v) is 3.47. The molecule has 5 heteroatoms. The van der Waals surface area contributed by atoms with Crippen molar-refractivity contribution in [2.24, 2.45) is 5.92 Å². The van der Waals surface area contributed by atoms with Crippen LogP contribution >= 0.6 is 0 Å². The highest BCUT2D eigenvalue weighted by Crippen LogP contribution is 2.29. The van der Waals surface area contributed by atoms with Gasteiger partial charge in [0.15, 0.2) is 11.5 Å². The zero-order valence-electron chi connectivity index (χ0n) is 15.0. The highest BCUT2D eigenvalue weighted by molar-refractivity contribution is 5.79. The molecule has 24 heavy (non-hydrogen) atoms. The van der Waals surface area contributed by atoms with Gasteiger partial charge in [-0.05, 0) is 49.8 Å². The summed E-state index contributed by atoms with van der Waals surface area (Å²) in [6.45, 7) is 2.92. The van der Waals surface area contributed by atoms with E-state index in [0.29, 0.717) is 24.3 Å². The molecule has 1 aliphatic rings. The summed E-state index contributed by atoms with van der Waals surface area (Å²) in [6.07, 6.45) is 4.53. The Morgan fingerprint density at radius 2 is 2.04 bits per heavy atom. The Bertz CT molecular complexity index is 544. The number of piperidine rings is 1. The number of amides is 1. The van der Waals surface area contributed by atoms with Crippen LogP contribution < -0.4 is 9.47 Å². The van der Waals surface area contributed by atoms with Gasteiger partial charge in [0, 0.05) is 25.1 Å². The van der Waals surface area contributed by atoms with Gasteiger partial charge < -0.3 is 19.5 Å². The van der Waals surface area contributed by atoms with Gasteiger partial charge in [-0.3, -0.25) is 4.79 Å². The van der Waals surface area contributed by atoms with Crippen molar-refractivity contribution in [3.05, 3.63) is 23.8 Å². The van der Waals surface area contributed by atoms with Crippen molar-refractivity contribution >= 4 is 5.91 Å². The number of carbonyl (C=O) groups is 1. The van der Waals surface area contributed by atoms with Crippen molar-refractivity contribution in [2.75, 3.05) is 27.4 Å². The van der Waals surface area contributed by atoms with Crippen molar-refractivity contribution in [3.63, 3.8) is 0 Å². The molecule has 0 aromatic heterocycles. The molecule has 2 unspecified atom stereocenters. The second-order valence-corrected chi connectivity index (χ2v) is 6.49. The Balaban J connectivity index is 2.05. The Morgan fingerprint density at radius 1 is 1.29 bits per heavy atom. The largest absolute Gasteiger partial charge is 0.493 e. The van der Waals surface area contributed by atoms with Gasteiger partial charge in [0.25, 0.3) is 0 Å². The summed E-state index contributed by atoms with van der Waals surface area (Å²) in [4.78, 5) is 14.8. The summed E-state index contributed by atoms with van der Waals surface area (Å²) in [6, 6.07) is 5.97. The number of benzene rings is 1. The zero-order valence-corrected chi connectivity index (χ0v) is 15.0. The summed E-state index contributed by atoms with van der Waals surface area (Å²) >= 11 is 0. The Hall–Kier alpha value is -1.75. The maximum absolute atomic E-state index is 12.9. The van der Waals surface area contributed by atoms with E-state index in [1.165, 1.54) is 0 Å². The molecule has 1 aromatic rings. The monoisotopic (exact) mass is 335 g/mol. The molecule has 1 fully saturated rings. The number of nitrogens with zero attached hydrogens (tertiary/aromatic N) is 1. The number of methoxy groups -OCH3 is 2. The molecule has 1 saturated heterocycles. The fraction of sp³-hybridized carbons (Fsp3) is 0.632.